The van der Waals surface area contributed by atoms with Crippen LogP contribution in [0, 0.1) is 0 Å². The maximum Gasteiger partial charge on any atom is 0.129 e. The Bertz CT molecular complexity index is 285. The fourth-order valence-electron chi connectivity index (χ4n) is 2.18. The van der Waals surface area contributed by atoms with E-state index in [1.54, 1.807) is 0 Å². The second kappa shape index (κ2) is 3.30. The Morgan fingerprint density at radius 2 is 2.00 bits per heavy atom. The van der Waals surface area contributed by atoms with Gasteiger partial charge in [0.25, 0.3) is 0 Å². The summed E-state index contributed by atoms with van der Waals surface area (Å²) in [5.41, 5.74) is 1.70. The van der Waals surface area contributed by atoms with Crippen molar-refractivity contribution in [1.29, 1.82) is 0 Å². The van der Waals surface area contributed by atoms with E-state index < -0.39 is 0 Å². The maximum absolute atomic E-state index is 5.75. The third-order valence-electron chi connectivity index (χ3n) is 3.13. The second-order valence-electron chi connectivity index (χ2n) is 4.14. The van der Waals surface area contributed by atoms with Crippen LogP contribution in [0.4, 0.5) is 0 Å². The number of nitrogens with zero attached hydrogens (tertiary/aromatic N) is 1. The molecule has 13 heavy (non-hydrogen) atoms. The summed E-state index contributed by atoms with van der Waals surface area (Å²) in [5, 5.41) is 0.588. The number of hydrogen-bond donors (Lipinski definition) is 0. The first-order valence-corrected chi connectivity index (χ1v) is 5.21. The summed E-state index contributed by atoms with van der Waals surface area (Å²) in [6.45, 7) is 2.32. The van der Waals surface area contributed by atoms with E-state index in [0.717, 1.165) is 0 Å². The Hall–Kier alpha value is -0.560. The van der Waals surface area contributed by atoms with Gasteiger partial charge in [-0.05, 0) is 29.9 Å². The van der Waals surface area contributed by atoms with E-state index in [1.165, 1.54) is 31.2 Å². The molecule has 1 aliphatic rings. The number of aromatic nitrogens is 1. The van der Waals surface area contributed by atoms with Gasteiger partial charge >= 0.3 is 0 Å². The van der Waals surface area contributed by atoms with Gasteiger partial charge < -0.3 is 0 Å². The lowest BCUT2D eigenvalue weighted by Crippen LogP contribution is -2.16. The van der Waals surface area contributed by atoms with Gasteiger partial charge in [0.1, 0.15) is 5.15 Å². The van der Waals surface area contributed by atoms with Crippen molar-refractivity contribution in [2.45, 2.75) is 38.0 Å². The monoisotopic (exact) mass is 195 g/mol. The van der Waals surface area contributed by atoms with Gasteiger partial charge in [-0.15, -0.1) is 0 Å². The maximum atomic E-state index is 5.75. The molecular formula is C11H14ClN. The van der Waals surface area contributed by atoms with E-state index in [0.29, 0.717) is 10.6 Å². The normalized spacial score (nSPS) is 20.5. The summed E-state index contributed by atoms with van der Waals surface area (Å²) >= 11 is 5.75. The Kier molecular flexibility index (Phi) is 2.29. The van der Waals surface area contributed by atoms with Gasteiger partial charge in [-0.25, -0.2) is 4.98 Å². The highest BCUT2D eigenvalue weighted by Gasteiger charge is 2.30. The second-order valence-corrected chi connectivity index (χ2v) is 4.52. The lowest BCUT2D eigenvalue weighted by atomic mass is 9.82. The van der Waals surface area contributed by atoms with Crippen LogP contribution in [0.15, 0.2) is 18.3 Å². The fraction of sp³-hybridized carbons (Fsp3) is 0.545. The minimum Gasteiger partial charge on any atom is -0.244 e. The van der Waals surface area contributed by atoms with Crippen molar-refractivity contribution in [2.75, 3.05) is 0 Å². The standard InChI is InChI=1S/C11H14ClN/c1-11(6-2-3-7-11)9-4-5-10(12)13-8-9/h4-5,8H,2-3,6-7H2,1H3. The van der Waals surface area contributed by atoms with E-state index in [4.69, 9.17) is 11.6 Å². The summed E-state index contributed by atoms with van der Waals surface area (Å²) in [6, 6.07) is 4.00. The smallest absolute Gasteiger partial charge is 0.129 e. The van der Waals surface area contributed by atoms with Gasteiger partial charge in [0.05, 0.1) is 0 Å². The van der Waals surface area contributed by atoms with Crippen molar-refractivity contribution in [3.8, 4) is 0 Å². The number of pyridine rings is 1. The summed E-state index contributed by atoms with van der Waals surface area (Å²) in [5.74, 6) is 0. The van der Waals surface area contributed by atoms with E-state index in [9.17, 15) is 0 Å². The van der Waals surface area contributed by atoms with Gasteiger partial charge in [-0.3, -0.25) is 0 Å². The van der Waals surface area contributed by atoms with Gasteiger partial charge in [0, 0.05) is 6.20 Å². The van der Waals surface area contributed by atoms with Crippen LogP contribution in [0.5, 0.6) is 0 Å². The molecule has 1 aromatic heterocycles. The average molecular weight is 196 g/mol. The molecule has 1 nitrogen and oxygen atoms in total. The van der Waals surface area contributed by atoms with Crippen LogP contribution in [0.1, 0.15) is 38.2 Å². The van der Waals surface area contributed by atoms with Crippen LogP contribution in [0.2, 0.25) is 5.15 Å². The van der Waals surface area contributed by atoms with E-state index in [1.807, 2.05) is 12.3 Å². The molecule has 2 rings (SSSR count). The number of hydrogen-bond acceptors (Lipinski definition) is 1. The molecule has 2 heteroatoms. The predicted molar refractivity (Wildman–Crippen MR) is 55.1 cm³/mol. The molecule has 0 aliphatic heterocycles. The van der Waals surface area contributed by atoms with Crippen LogP contribution < -0.4 is 0 Å². The zero-order chi connectivity index (χ0) is 9.31. The number of rotatable bonds is 1. The quantitative estimate of drug-likeness (QED) is 0.625. The largest absolute Gasteiger partial charge is 0.244 e. The minimum absolute atomic E-state index is 0.359. The molecule has 1 saturated carbocycles. The van der Waals surface area contributed by atoms with Gasteiger partial charge in [-0.2, -0.15) is 0 Å². The van der Waals surface area contributed by atoms with Crippen molar-refractivity contribution >= 4 is 11.6 Å². The molecule has 0 unspecified atom stereocenters. The minimum atomic E-state index is 0.359. The zero-order valence-electron chi connectivity index (χ0n) is 7.89. The Labute approximate surface area is 84.1 Å². The predicted octanol–water partition coefficient (Wildman–Crippen LogP) is 3.57. The van der Waals surface area contributed by atoms with Crippen molar-refractivity contribution in [3.63, 3.8) is 0 Å². The molecule has 0 saturated heterocycles. The molecule has 0 amide bonds. The first-order chi connectivity index (χ1) is 6.21. The highest BCUT2D eigenvalue weighted by molar-refractivity contribution is 6.29. The van der Waals surface area contributed by atoms with Gasteiger partial charge in [-0.1, -0.05) is 37.4 Å². The van der Waals surface area contributed by atoms with Crippen LogP contribution in [0.3, 0.4) is 0 Å². The third kappa shape index (κ3) is 1.71. The first kappa shape index (κ1) is 9.01. The van der Waals surface area contributed by atoms with E-state index >= 15 is 0 Å². The third-order valence-corrected chi connectivity index (χ3v) is 3.35. The molecule has 70 valence electrons. The first-order valence-electron chi connectivity index (χ1n) is 4.83. The summed E-state index contributed by atoms with van der Waals surface area (Å²) in [7, 11) is 0. The molecule has 1 heterocycles. The average Bonchev–Trinajstić information content (AvgIpc) is 2.54. The Morgan fingerprint density at radius 3 is 2.54 bits per heavy atom. The molecule has 0 spiro atoms. The lowest BCUT2D eigenvalue weighted by Gasteiger charge is -2.23. The van der Waals surface area contributed by atoms with Crippen LogP contribution >= 0.6 is 11.6 Å². The fourth-order valence-corrected chi connectivity index (χ4v) is 2.29. The Balaban J connectivity index is 2.29. The molecule has 0 radical (unpaired) electrons. The number of halogens is 1. The van der Waals surface area contributed by atoms with Crippen LogP contribution in [-0.2, 0) is 5.41 Å². The molecule has 1 aromatic rings. The summed E-state index contributed by atoms with van der Waals surface area (Å²) in [4.78, 5) is 4.13. The van der Waals surface area contributed by atoms with Crippen molar-refractivity contribution in [1.82, 2.24) is 4.98 Å². The lowest BCUT2D eigenvalue weighted by molar-refractivity contribution is 0.489. The van der Waals surface area contributed by atoms with Gasteiger partial charge in [0.15, 0.2) is 0 Å². The summed E-state index contributed by atoms with van der Waals surface area (Å²) < 4.78 is 0. The highest BCUT2D eigenvalue weighted by Crippen LogP contribution is 2.40. The van der Waals surface area contributed by atoms with Gasteiger partial charge in [0.2, 0.25) is 0 Å². The Morgan fingerprint density at radius 1 is 1.31 bits per heavy atom. The molecule has 0 aromatic carbocycles. The van der Waals surface area contributed by atoms with Crippen LogP contribution in [-0.4, -0.2) is 4.98 Å². The van der Waals surface area contributed by atoms with Crippen molar-refractivity contribution < 1.29 is 0 Å². The molecule has 0 N–H and O–H groups in total. The zero-order valence-corrected chi connectivity index (χ0v) is 8.64. The topological polar surface area (TPSA) is 12.9 Å². The molecule has 0 bridgehead atoms. The molecular weight excluding hydrogens is 182 g/mol. The highest BCUT2D eigenvalue weighted by atomic mass is 35.5. The van der Waals surface area contributed by atoms with Crippen molar-refractivity contribution in [3.05, 3.63) is 29.0 Å². The molecule has 0 atom stereocenters. The van der Waals surface area contributed by atoms with Crippen LogP contribution in [0.25, 0.3) is 0 Å². The molecule has 1 aliphatic carbocycles. The molecule has 1 fully saturated rings. The SMILES string of the molecule is CC1(c2ccc(Cl)nc2)CCCC1. The van der Waals surface area contributed by atoms with E-state index in [-0.39, 0.29) is 0 Å². The summed E-state index contributed by atoms with van der Waals surface area (Å²) in [6.07, 6.45) is 7.19. The van der Waals surface area contributed by atoms with Crippen molar-refractivity contribution in [2.24, 2.45) is 0 Å². The van der Waals surface area contributed by atoms with E-state index in [2.05, 4.69) is 18.0 Å².